The van der Waals surface area contributed by atoms with Crippen molar-refractivity contribution in [2.45, 2.75) is 12.0 Å². The Balaban J connectivity index is 1.72. The number of methoxy groups -OCH3 is 2. The fourth-order valence-corrected chi connectivity index (χ4v) is 4.71. The van der Waals surface area contributed by atoms with Crippen molar-refractivity contribution in [1.29, 1.82) is 0 Å². The summed E-state index contributed by atoms with van der Waals surface area (Å²) in [6.45, 7) is 4.09. The normalized spacial score (nSPS) is 20.6. The Morgan fingerprint density at radius 3 is 2.47 bits per heavy atom. The Kier molecular flexibility index (Phi) is 7.33. The quantitative estimate of drug-likeness (QED) is 0.667. The summed E-state index contributed by atoms with van der Waals surface area (Å²) < 4.78 is 31.1. The minimum atomic E-state index is -0.834. The van der Waals surface area contributed by atoms with Crippen LogP contribution >= 0.6 is 0 Å². The molecule has 0 aliphatic carbocycles. The maximum atomic E-state index is 14.9. The number of rotatable bonds is 7. The second kappa shape index (κ2) is 10.4. The number of hydrogen-bond donors (Lipinski definition) is 1. The summed E-state index contributed by atoms with van der Waals surface area (Å²) in [6.07, 6.45) is 0. The molecule has 1 saturated heterocycles. The molecule has 182 valence electrons. The van der Waals surface area contributed by atoms with E-state index >= 15 is 0 Å². The Labute approximate surface area is 198 Å². The number of ether oxygens (including phenoxy) is 3. The first kappa shape index (κ1) is 24.0. The van der Waals surface area contributed by atoms with Crippen LogP contribution in [0.2, 0.25) is 0 Å². The first-order valence-corrected chi connectivity index (χ1v) is 11.3. The zero-order valence-electron chi connectivity index (χ0n) is 19.7. The van der Waals surface area contributed by atoms with Crippen molar-refractivity contribution in [2.24, 2.45) is 0 Å². The van der Waals surface area contributed by atoms with E-state index in [0.717, 1.165) is 13.1 Å². The second-order valence-corrected chi connectivity index (χ2v) is 8.40. The van der Waals surface area contributed by atoms with E-state index < -0.39 is 17.8 Å². The number of morpholine rings is 1. The molecule has 0 saturated carbocycles. The largest absolute Gasteiger partial charge is 0.493 e. The van der Waals surface area contributed by atoms with E-state index in [-0.39, 0.29) is 17.4 Å². The van der Waals surface area contributed by atoms with Crippen molar-refractivity contribution in [2.75, 3.05) is 60.7 Å². The predicted octanol–water partition coefficient (Wildman–Crippen LogP) is 2.20. The number of carbonyl (C=O) groups is 2. The molecular formula is C25H30FN3O5. The van der Waals surface area contributed by atoms with Crippen molar-refractivity contribution in [3.8, 4) is 11.5 Å². The second-order valence-electron chi connectivity index (χ2n) is 8.40. The summed E-state index contributed by atoms with van der Waals surface area (Å²) in [5, 5.41) is 3.01. The van der Waals surface area contributed by atoms with Crippen molar-refractivity contribution >= 4 is 11.8 Å². The number of likely N-dealkylation sites (N-methyl/N-ethyl adjacent to an activating group) is 1. The Hall–Kier alpha value is -3.17. The highest BCUT2D eigenvalue weighted by molar-refractivity contribution is 6.02. The molecule has 2 aliphatic rings. The number of nitrogens with zero attached hydrogens (tertiary/aromatic N) is 2. The molecule has 0 unspecified atom stereocenters. The van der Waals surface area contributed by atoms with Gasteiger partial charge in [0.2, 0.25) is 5.91 Å². The Bertz CT molecular complexity index is 1060. The van der Waals surface area contributed by atoms with Gasteiger partial charge in [0.15, 0.2) is 11.5 Å². The topological polar surface area (TPSA) is 80.3 Å². The van der Waals surface area contributed by atoms with Gasteiger partial charge in [0.1, 0.15) is 5.82 Å². The minimum absolute atomic E-state index is 0.283. The van der Waals surface area contributed by atoms with Crippen LogP contribution in [0.25, 0.3) is 0 Å². The van der Waals surface area contributed by atoms with E-state index in [2.05, 4.69) is 10.2 Å². The fourth-order valence-electron chi connectivity index (χ4n) is 4.71. The molecule has 1 N–H and O–H groups in total. The van der Waals surface area contributed by atoms with Gasteiger partial charge in [-0.2, -0.15) is 0 Å². The van der Waals surface area contributed by atoms with Gasteiger partial charge in [0.25, 0.3) is 5.91 Å². The number of amides is 2. The van der Waals surface area contributed by atoms with Crippen LogP contribution < -0.4 is 14.8 Å². The summed E-state index contributed by atoms with van der Waals surface area (Å²) in [7, 11) is 4.57. The highest BCUT2D eigenvalue weighted by Crippen LogP contribution is 2.46. The van der Waals surface area contributed by atoms with Crippen LogP contribution in [0.3, 0.4) is 0 Å². The molecule has 2 aliphatic heterocycles. The lowest BCUT2D eigenvalue weighted by Crippen LogP contribution is -2.47. The van der Waals surface area contributed by atoms with Crippen molar-refractivity contribution in [3.05, 3.63) is 58.9 Å². The molecule has 2 aromatic rings. The van der Waals surface area contributed by atoms with Crippen LogP contribution in [-0.4, -0.2) is 82.3 Å². The number of nitrogens with one attached hydrogen (secondary N) is 1. The molecule has 9 heteroatoms. The van der Waals surface area contributed by atoms with Crippen molar-refractivity contribution < 1.29 is 28.2 Å². The number of benzene rings is 2. The molecule has 2 aromatic carbocycles. The SMILES string of the molecule is COc1cc2c(cc1OC)[C@@H](C(=O)NCCN1CCOCC1)[C@@H](c1ccccc1F)N(C)C2=O. The third-order valence-corrected chi connectivity index (χ3v) is 6.51. The number of halogens is 1. The van der Waals surface area contributed by atoms with E-state index in [1.807, 2.05) is 0 Å². The molecule has 1 fully saturated rings. The Morgan fingerprint density at radius 2 is 1.79 bits per heavy atom. The monoisotopic (exact) mass is 471 g/mol. The highest BCUT2D eigenvalue weighted by atomic mass is 19.1. The molecule has 0 spiro atoms. The third-order valence-electron chi connectivity index (χ3n) is 6.51. The molecule has 2 atom stereocenters. The average molecular weight is 472 g/mol. The standard InChI is InChI=1S/C25H30FN3O5/c1-28-23(16-6-4-5-7-19(16)26)22(24(30)27-8-9-29-10-12-34-13-11-29)17-14-20(32-2)21(33-3)15-18(17)25(28)31/h4-7,14-15,22-23H,8-13H2,1-3H3,(H,27,30)/t22-,23-/m1/s1. The predicted molar refractivity (Wildman–Crippen MR) is 124 cm³/mol. The van der Waals surface area contributed by atoms with E-state index in [1.165, 1.54) is 25.2 Å². The molecule has 2 amide bonds. The van der Waals surface area contributed by atoms with Crippen LogP contribution in [0.4, 0.5) is 4.39 Å². The first-order valence-electron chi connectivity index (χ1n) is 11.3. The molecular weight excluding hydrogens is 441 g/mol. The molecule has 4 rings (SSSR count). The van der Waals surface area contributed by atoms with Crippen LogP contribution in [0.15, 0.2) is 36.4 Å². The average Bonchev–Trinajstić information content (AvgIpc) is 2.86. The summed E-state index contributed by atoms with van der Waals surface area (Å²) >= 11 is 0. The molecule has 2 heterocycles. The molecule has 0 aromatic heterocycles. The lowest BCUT2D eigenvalue weighted by Gasteiger charge is -2.40. The van der Waals surface area contributed by atoms with E-state index in [9.17, 15) is 14.0 Å². The molecule has 0 radical (unpaired) electrons. The van der Waals surface area contributed by atoms with E-state index in [0.29, 0.717) is 48.9 Å². The third kappa shape index (κ3) is 4.58. The van der Waals surface area contributed by atoms with Gasteiger partial charge in [0.05, 0.1) is 39.4 Å². The van der Waals surface area contributed by atoms with E-state index in [1.54, 1.807) is 37.4 Å². The molecule has 0 bridgehead atoms. The molecule has 8 nitrogen and oxygen atoms in total. The zero-order valence-corrected chi connectivity index (χ0v) is 19.7. The van der Waals surface area contributed by atoms with Gasteiger partial charge in [-0.05, 0) is 23.8 Å². The Morgan fingerprint density at radius 1 is 1.12 bits per heavy atom. The van der Waals surface area contributed by atoms with Gasteiger partial charge < -0.3 is 24.4 Å². The maximum Gasteiger partial charge on any atom is 0.254 e. The summed E-state index contributed by atoms with van der Waals surface area (Å²) in [5.74, 6) is -1.12. The van der Waals surface area contributed by atoms with Gasteiger partial charge in [0, 0.05) is 44.4 Å². The van der Waals surface area contributed by atoms with Gasteiger partial charge in [-0.25, -0.2) is 4.39 Å². The zero-order chi connectivity index (χ0) is 24.2. The fraction of sp³-hybridized carbons (Fsp3) is 0.440. The summed E-state index contributed by atoms with van der Waals surface area (Å²) in [5.41, 5.74) is 1.10. The smallest absolute Gasteiger partial charge is 0.254 e. The summed E-state index contributed by atoms with van der Waals surface area (Å²) in [4.78, 5) is 30.6. The van der Waals surface area contributed by atoms with Crippen molar-refractivity contribution in [3.63, 3.8) is 0 Å². The van der Waals surface area contributed by atoms with Gasteiger partial charge >= 0.3 is 0 Å². The summed E-state index contributed by atoms with van der Waals surface area (Å²) in [6, 6.07) is 8.66. The molecule has 34 heavy (non-hydrogen) atoms. The lowest BCUT2D eigenvalue weighted by atomic mass is 9.79. The van der Waals surface area contributed by atoms with Crippen LogP contribution in [0, 0.1) is 5.82 Å². The first-order chi connectivity index (χ1) is 16.5. The maximum absolute atomic E-state index is 14.9. The van der Waals surface area contributed by atoms with Crippen LogP contribution in [0.5, 0.6) is 11.5 Å². The number of hydrogen-bond acceptors (Lipinski definition) is 6. The lowest BCUT2D eigenvalue weighted by molar-refractivity contribution is -0.124. The van der Waals surface area contributed by atoms with Gasteiger partial charge in [-0.3, -0.25) is 14.5 Å². The number of carbonyl (C=O) groups excluding carboxylic acids is 2. The minimum Gasteiger partial charge on any atom is -0.493 e. The highest BCUT2D eigenvalue weighted by Gasteiger charge is 2.44. The van der Waals surface area contributed by atoms with Gasteiger partial charge in [-0.1, -0.05) is 18.2 Å². The van der Waals surface area contributed by atoms with E-state index in [4.69, 9.17) is 14.2 Å². The number of fused-ring (bicyclic) bond motifs is 1. The van der Waals surface area contributed by atoms with Crippen molar-refractivity contribution in [1.82, 2.24) is 15.1 Å². The van der Waals surface area contributed by atoms with Crippen LogP contribution in [0.1, 0.15) is 33.4 Å². The van der Waals surface area contributed by atoms with Crippen LogP contribution in [-0.2, 0) is 9.53 Å². The van der Waals surface area contributed by atoms with Gasteiger partial charge in [-0.15, -0.1) is 0 Å².